The Kier molecular flexibility index (Phi) is 4.82. The van der Waals surface area contributed by atoms with Crippen LogP contribution >= 0.6 is 15.9 Å². The molecular weight excluding hydrogens is 322 g/mol. The van der Waals surface area contributed by atoms with Gasteiger partial charge in [0.1, 0.15) is 0 Å². The number of aromatic nitrogens is 2. The predicted octanol–water partition coefficient (Wildman–Crippen LogP) is 1.11. The molecule has 1 aliphatic rings. The van der Waals surface area contributed by atoms with Crippen LogP contribution in [0.1, 0.15) is 13.8 Å². The molecule has 0 unspecified atom stereocenters. The second-order valence-corrected chi connectivity index (χ2v) is 6.37. The lowest BCUT2D eigenvalue weighted by molar-refractivity contribution is 0.118. The molecular formula is C13H22BrN5O. The Morgan fingerprint density at radius 2 is 2.00 bits per heavy atom. The molecule has 6 nitrogen and oxygen atoms in total. The molecule has 0 aromatic carbocycles. The number of piperazine rings is 1. The zero-order valence-electron chi connectivity index (χ0n) is 12.3. The van der Waals surface area contributed by atoms with E-state index >= 15 is 0 Å². The summed E-state index contributed by atoms with van der Waals surface area (Å²) in [5.41, 5.74) is 5.88. The van der Waals surface area contributed by atoms with E-state index in [9.17, 15) is 0 Å². The van der Waals surface area contributed by atoms with Gasteiger partial charge in [-0.05, 0) is 29.8 Å². The van der Waals surface area contributed by atoms with Crippen LogP contribution in [0.4, 0.5) is 5.95 Å². The second kappa shape index (κ2) is 6.24. The van der Waals surface area contributed by atoms with Crippen LogP contribution in [-0.4, -0.2) is 60.2 Å². The van der Waals surface area contributed by atoms with Gasteiger partial charge < -0.3 is 15.4 Å². The first-order valence-electron chi connectivity index (χ1n) is 6.74. The minimum atomic E-state index is 0.0460. The van der Waals surface area contributed by atoms with Crippen molar-refractivity contribution >= 4 is 21.9 Å². The van der Waals surface area contributed by atoms with Crippen LogP contribution < -0.4 is 15.4 Å². The van der Waals surface area contributed by atoms with Crippen LogP contribution in [0.2, 0.25) is 0 Å². The molecule has 20 heavy (non-hydrogen) atoms. The molecule has 0 bridgehead atoms. The molecule has 0 amide bonds. The van der Waals surface area contributed by atoms with Gasteiger partial charge in [-0.1, -0.05) is 0 Å². The maximum atomic E-state index is 5.84. The second-order valence-electron chi connectivity index (χ2n) is 5.52. The van der Waals surface area contributed by atoms with Gasteiger partial charge in [-0.3, -0.25) is 4.90 Å². The van der Waals surface area contributed by atoms with Crippen LogP contribution in [0, 0.1) is 0 Å². The van der Waals surface area contributed by atoms with E-state index in [1.807, 2.05) is 0 Å². The van der Waals surface area contributed by atoms with Crippen LogP contribution in [0.3, 0.4) is 0 Å². The first-order valence-corrected chi connectivity index (χ1v) is 7.54. The van der Waals surface area contributed by atoms with E-state index in [0.717, 1.165) is 36.6 Å². The predicted molar refractivity (Wildman–Crippen MR) is 83.2 cm³/mol. The van der Waals surface area contributed by atoms with E-state index in [4.69, 9.17) is 10.5 Å². The van der Waals surface area contributed by atoms with E-state index in [2.05, 4.69) is 49.5 Å². The maximum Gasteiger partial charge on any atom is 0.232 e. The largest absolute Gasteiger partial charge is 0.480 e. The molecule has 0 radical (unpaired) electrons. The third kappa shape index (κ3) is 3.21. The summed E-state index contributed by atoms with van der Waals surface area (Å²) in [6.07, 6.45) is 1.73. The van der Waals surface area contributed by atoms with E-state index in [1.165, 1.54) is 0 Å². The van der Waals surface area contributed by atoms with E-state index in [0.29, 0.717) is 12.4 Å². The van der Waals surface area contributed by atoms with Crippen LogP contribution in [0.5, 0.6) is 5.88 Å². The number of hydrogen-bond donors (Lipinski definition) is 1. The summed E-state index contributed by atoms with van der Waals surface area (Å²) < 4.78 is 5.99. The first kappa shape index (κ1) is 15.5. The molecule has 1 aromatic heterocycles. The number of anilines is 1. The number of nitrogens with zero attached hydrogens (tertiary/aromatic N) is 4. The number of ether oxygens (including phenoxy) is 1. The van der Waals surface area contributed by atoms with Gasteiger partial charge >= 0.3 is 0 Å². The molecule has 0 saturated carbocycles. The summed E-state index contributed by atoms with van der Waals surface area (Å²) in [4.78, 5) is 13.4. The SMILES string of the molecule is COc1nc(N2CCN(C(C)(C)CN)CC2)ncc1Br. The molecule has 1 fully saturated rings. The standard InChI is InChI=1S/C13H22BrN5O/c1-13(2,9-15)19-6-4-18(5-7-19)12-16-8-10(14)11(17-12)20-3/h8H,4-7,9,15H2,1-3H3. The highest BCUT2D eigenvalue weighted by Gasteiger charge is 2.29. The van der Waals surface area contributed by atoms with Gasteiger partial charge in [-0.2, -0.15) is 4.98 Å². The van der Waals surface area contributed by atoms with Crippen LogP contribution in [0.25, 0.3) is 0 Å². The quantitative estimate of drug-likeness (QED) is 0.883. The smallest absolute Gasteiger partial charge is 0.232 e. The Bertz CT molecular complexity index is 460. The normalized spacial score (nSPS) is 17.4. The Hall–Kier alpha value is -0.920. The van der Waals surface area contributed by atoms with Gasteiger partial charge in [0.25, 0.3) is 0 Å². The van der Waals surface area contributed by atoms with Gasteiger partial charge in [0.05, 0.1) is 17.8 Å². The molecule has 7 heteroatoms. The molecule has 1 aromatic rings. The first-order chi connectivity index (χ1) is 9.47. The van der Waals surface area contributed by atoms with Gasteiger partial charge in [0, 0.05) is 38.3 Å². The van der Waals surface area contributed by atoms with Crippen molar-refractivity contribution in [2.24, 2.45) is 5.73 Å². The average Bonchev–Trinajstić information content (AvgIpc) is 2.48. The fraction of sp³-hybridized carbons (Fsp3) is 0.692. The number of methoxy groups -OCH3 is 1. The molecule has 2 N–H and O–H groups in total. The summed E-state index contributed by atoms with van der Waals surface area (Å²) in [5, 5.41) is 0. The minimum absolute atomic E-state index is 0.0460. The van der Waals surface area contributed by atoms with Crippen molar-refractivity contribution in [3.05, 3.63) is 10.7 Å². The van der Waals surface area contributed by atoms with Gasteiger partial charge in [-0.25, -0.2) is 4.98 Å². The molecule has 112 valence electrons. The third-order valence-electron chi connectivity index (χ3n) is 3.81. The van der Waals surface area contributed by atoms with Crippen molar-refractivity contribution in [2.45, 2.75) is 19.4 Å². The fourth-order valence-corrected chi connectivity index (χ4v) is 2.63. The third-order valence-corrected chi connectivity index (χ3v) is 4.35. The Labute approximate surface area is 128 Å². The highest BCUT2D eigenvalue weighted by molar-refractivity contribution is 9.10. The van der Waals surface area contributed by atoms with Crippen molar-refractivity contribution in [3.63, 3.8) is 0 Å². The lowest BCUT2D eigenvalue weighted by Crippen LogP contribution is -2.57. The summed E-state index contributed by atoms with van der Waals surface area (Å²) in [5.74, 6) is 1.29. The summed E-state index contributed by atoms with van der Waals surface area (Å²) in [6, 6.07) is 0. The number of hydrogen-bond acceptors (Lipinski definition) is 6. The number of rotatable bonds is 4. The van der Waals surface area contributed by atoms with E-state index in [-0.39, 0.29) is 5.54 Å². The maximum absolute atomic E-state index is 5.84. The molecule has 0 spiro atoms. The summed E-state index contributed by atoms with van der Waals surface area (Å²) in [7, 11) is 1.61. The molecule has 0 atom stereocenters. The van der Waals surface area contributed by atoms with Gasteiger partial charge in [0.2, 0.25) is 11.8 Å². The van der Waals surface area contributed by atoms with E-state index in [1.54, 1.807) is 13.3 Å². The Morgan fingerprint density at radius 1 is 1.35 bits per heavy atom. The van der Waals surface area contributed by atoms with Crippen LogP contribution in [-0.2, 0) is 0 Å². The highest BCUT2D eigenvalue weighted by atomic mass is 79.9. The topological polar surface area (TPSA) is 67.5 Å². The van der Waals surface area contributed by atoms with Crippen molar-refractivity contribution < 1.29 is 4.74 Å². The zero-order valence-corrected chi connectivity index (χ0v) is 13.9. The monoisotopic (exact) mass is 343 g/mol. The van der Waals surface area contributed by atoms with Crippen molar-refractivity contribution in [3.8, 4) is 5.88 Å². The lowest BCUT2D eigenvalue weighted by atomic mass is 10.0. The Morgan fingerprint density at radius 3 is 2.55 bits per heavy atom. The Balaban J connectivity index is 2.04. The molecule has 2 heterocycles. The molecule has 2 rings (SSSR count). The van der Waals surface area contributed by atoms with Crippen LogP contribution in [0.15, 0.2) is 10.7 Å². The highest BCUT2D eigenvalue weighted by Crippen LogP contribution is 2.24. The molecule has 0 aliphatic carbocycles. The lowest BCUT2D eigenvalue weighted by Gasteiger charge is -2.43. The summed E-state index contributed by atoms with van der Waals surface area (Å²) >= 11 is 3.37. The van der Waals surface area contributed by atoms with Crippen molar-refractivity contribution in [2.75, 3.05) is 44.7 Å². The average molecular weight is 344 g/mol. The van der Waals surface area contributed by atoms with Gasteiger partial charge in [0.15, 0.2) is 0 Å². The summed E-state index contributed by atoms with van der Waals surface area (Å²) in [6.45, 7) is 8.75. The minimum Gasteiger partial charge on any atom is -0.480 e. The zero-order chi connectivity index (χ0) is 14.8. The van der Waals surface area contributed by atoms with E-state index < -0.39 is 0 Å². The van der Waals surface area contributed by atoms with Gasteiger partial charge in [-0.15, -0.1) is 0 Å². The number of nitrogens with two attached hydrogens (primary N) is 1. The molecule has 1 aliphatic heterocycles. The molecule has 1 saturated heterocycles. The van der Waals surface area contributed by atoms with Crippen molar-refractivity contribution in [1.82, 2.24) is 14.9 Å². The fourth-order valence-electron chi connectivity index (χ4n) is 2.28. The number of halogens is 1. The van der Waals surface area contributed by atoms with Crippen molar-refractivity contribution in [1.29, 1.82) is 0 Å².